The normalized spacial score (nSPS) is 27.6. The predicted octanol–water partition coefficient (Wildman–Crippen LogP) is 1.92. The Morgan fingerprint density at radius 1 is 1.07 bits per heavy atom. The maximum atomic E-state index is 2.69. The Morgan fingerprint density at radius 2 is 1.71 bits per heavy atom. The van der Waals surface area contributed by atoms with Crippen LogP contribution in [0.1, 0.15) is 33.1 Å². The van der Waals surface area contributed by atoms with Gasteiger partial charge in [-0.25, -0.2) is 0 Å². The lowest BCUT2D eigenvalue weighted by atomic mass is 10.1. The predicted molar refractivity (Wildman–Crippen MR) is 60.0 cm³/mol. The van der Waals surface area contributed by atoms with Crippen LogP contribution >= 0.6 is 0 Å². The van der Waals surface area contributed by atoms with E-state index < -0.39 is 0 Å². The third-order valence-corrected chi connectivity index (χ3v) is 3.75. The molecule has 0 radical (unpaired) electrons. The molecule has 2 heteroatoms. The fourth-order valence-corrected chi connectivity index (χ4v) is 3.23. The van der Waals surface area contributed by atoms with Gasteiger partial charge in [-0.15, -0.1) is 0 Å². The van der Waals surface area contributed by atoms with E-state index in [0.717, 1.165) is 5.92 Å². The fourth-order valence-electron chi connectivity index (χ4n) is 3.23. The molecule has 0 atom stereocenters. The first-order chi connectivity index (χ1) is 6.70. The zero-order valence-electron chi connectivity index (χ0n) is 9.84. The van der Waals surface area contributed by atoms with Crippen molar-refractivity contribution >= 4 is 0 Å². The van der Waals surface area contributed by atoms with E-state index in [9.17, 15) is 0 Å². The van der Waals surface area contributed by atoms with Gasteiger partial charge in [0.1, 0.15) is 6.67 Å². The molecule has 2 heterocycles. The van der Waals surface area contributed by atoms with Crippen LogP contribution in [0.3, 0.4) is 0 Å². The topological polar surface area (TPSA) is 3.24 Å². The highest BCUT2D eigenvalue weighted by molar-refractivity contribution is 4.65. The Labute approximate surface area is 88.5 Å². The molecule has 2 saturated heterocycles. The highest BCUT2D eigenvalue weighted by Crippen LogP contribution is 2.24. The van der Waals surface area contributed by atoms with Crippen LogP contribution in [0.15, 0.2) is 0 Å². The molecular formula is C12H25N2+. The average molecular weight is 197 g/mol. The van der Waals surface area contributed by atoms with Gasteiger partial charge in [-0.3, -0.25) is 4.90 Å². The van der Waals surface area contributed by atoms with Gasteiger partial charge in [0.2, 0.25) is 0 Å². The van der Waals surface area contributed by atoms with E-state index in [4.69, 9.17) is 0 Å². The molecule has 2 nitrogen and oxygen atoms in total. The molecule has 0 aromatic heterocycles. The first-order valence-corrected chi connectivity index (χ1v) is 6.28. The van der Waals surface area contributed by atoms with Crippen LogP contribution in [0.5, 0.6) is 0 Å². The molecule has 0 aromatic rings. The molecule has 14 heavy (non-hydrogen) atoms. The lowest BCUT2D eigenvalue weighted by Gasteiger charge is -2.43. The molecule has 0 N–H and O–H groups in total. The highest BCUT2D eigenvalue weighted by atomic mass is 15.5. The zero-order valence-corrected chi connectivity index (χ0v) is 9.84. The van der Waals surface area contributed by atoms with Gasteiger partial charge < -0.3 is 4.48 Å². The van der Waals surface area contributed by atoms with Crippen LogP contribution < -0.4 is 0 Å². The summed E-state index contributed by atoms with van der Waals surface area (Å²) in [7, 11) is 0. The van der Waals surface area contributed by atoms with E-state index in [0.29, 0.717) is 0 Å². The van der Waals surface area contributed by atoms with E-state index in [-0.39, 0.29) is 0 Å². The third kappa shape index (κ3) is 2.29. The number of hydrogen-bond acceptors (Lipinski definition) is 1. The molecule has 2 aliphatic heterocycles. The summed E-state index contributed by atoms with van der Waals surface area (Å²) in [4.78, 5) is 2.69. The van der Waals surface area contributed by atoms with Crippen molar-refractivity contribution in [2.45, 2.75) is 33.1 Å². The van der Waals surface area contributed by atoms with E-state index >= 15 is 0 Å². The van der Waals surface area contributed by atoms with Crippen molar-refractivity contribution < 1.29 is 4.48 Å². The third-order valence-electron chi connectivity index (χ3n) is 3.75. The fraction of sp³-hybridized carbons (Fsp3) is 1.00. The Hall–Kier alpha value is -0.0800. The summed E-state index contributed by atoms with van der Waals surface area (Å²) in [5, 5.41) is 0. The maximum absolute atomic E-state index is 2.69. The number of hydrogen-bond donors (Lipinski definition) is 0. The molecular weight excluding hydrogens is 172 g/mol. The van der Waals surface area contributed by atoms with Crippen LogP contribution in [0, 0.1) is 5.92 Å². The summed E-state index contributed by atoms with van der Waals surface area (Å²) in [6.07, 6.45) is 4.36. The largest absolute Gasteiger partial charge is 0.311 e. The highest BCUT2D eigenvalue weighted by Gasteiger charge is 2.36. The minimum Gasteiger partial charge on any atom is -0.311 e. The van der Waals surface area contributed by atoms with Crippen LogP contribution in [0.25, 0.3) is 0 Å². The lowest BCUT2D eigenvalue weighted by molar-refractivity contribution is -0.931. The van der Waals surface area contributed by atoms with Gasteiger partial charge in [-0.1, -0.05) is 13.8 Å². The second kappa shape index (κ2) is 4.19. The summed E-state index contributed by atoms with van der Waals surface area (Å²) in [5.41, 5.74) is 0. The standard InChI is InChI=1S/C12H25N2/c1-12(2)10-13-6-5-9-14(11-13)7-3-4-8-14/h12H,3-11H2,1-2H3/q+1. The Morgan fingerprint density at radius 3 is 2.36 bits per heavy atom. The van der Waals surface area contributed by atoms with E-state index in [1.807, 2.05) is 0 Å². The molecule has 2 fully saturated rings. The molecule has 0 bridgehead atoms. The van der Waals surface area contributed by atoms with E-state index in [2.05, 4.69) is 18.7 Å². The molecule has 0 amide bonds. The summed E-state index contributed by atoms with van der Waals surface area (Å²) >= 11 is 0. The van der Waals surface area contributed by atoms with Crippen molar-refractivity contribution in [3.63, 3.8) is 0 Å². The lowest BCUT2D eigenvalue weighted by Crippen LogP contribution is -2.57. The molecule has 0 saturated carbocycles. The van der Waals surface area contributed by atoms with Crippen LogP contribution in [-0.2, 0) is 0 Å². The van der Waals surface area contributed by atoms with Crippen LogP contribution in [-0.4, -0.2) is 48.8 Å². The van der Waals surface area contributed by atoms with Crippen molar-refractivity contribution in [1.82, 2.24) is 4.90 Å². The monoisotopic (exact) mass is 197 g/mol. The van der Waals surface area contributed by atoms with Crippen molar-refractivity contribution in [3.05, 3.63) is 0 Å². The van der Waals surface area contributed by atoms with E-state index in [1.54, 1.807) is 0 Å². The van der Waals surface area contributed by atoms with Gasteiger partial charge in [0.25, 0.3) is 0 Å². The second-order valence-corrected chi connectivity index (χ2v) is 5.69. The smallest absolute Gasteiger partial charge is 0.135 e. The second-order valence-electron chi connectivity index (χ2n) is 5.69. The quantitative estimate of drug-likeness (QED) is 0.611. The van der Waals surface area contributed by atoms with Gasteiger partial charge in [-0.2, -0.15) is 0 Å². The van der Waals surface area contributed by atoms with Crippen molar-refractivity contribution in [2.24, 2.45) is 5.92 Å². The summed E-state index contributed by atoms with van der Waals surface area (Å²) in [5.74, 6) is 0.829. The van der Waals surface area contributed by atoms with Crippen LogP contribution in [0.2, 0.25) is 0 Å². The minimum atomic E-state index is 0.829. The SMILES string of the molecule is CC(C)CN1CCC[N+]2(CCCC2)C1. The van der Waals surface area contributed by atoms with Gasteiger partial charge in [0.05, 0.1) is 19.6 Å². The molecule has 2 rings (SSSR count). The van der Waals surface area contributed by atoms with E-state index in [1.165, 1.54) is 63.1 Å². The number of nitrogens with zero attached hydrogens (tertiary/aromatic N) is 2. The number of quaternary nitrogens is 1. The molecule has 0 unspecified atom stereocenters. The van der Waals surface area contributed by atoms with Gasteiger partial charge in [0, 0.05) is 32.4 Å². The maximum Gasteiger partial charge on any atom is 0.135 e. The first kappa shape index (κ1) is 10.4. The van der Waals surface area contributed by atoms with Crippen molar-refractivity contribution in [3.8, 4) is 0 Å². The number of rotatable bonds is 2. The van der Waals surface area contributed by atoms with Gasteiger partial charge in [-0.05, 0) is 5.92 Å². The Balaban J connectivity index is 1.90. The minimum absolute atomic E-state index is 0.829. The Bertz CT molecular complexity index is 183. The first-order valence-electron chi connectivity index (χ1n) is 6.28. The summed E-state index contributed by atoms with van der Waals surface area (Å²) in [6, 6.07) is 0. The molecule has 2 aliphatic rings. The van der Waals surface area contributed by atoms with Crippen LogP contribution in [0.4, 0.5) is 0 Å². The average Bonchev–Trinajstić information content (AvgIpc) is 2.52. The Kier molecular flexibility index (Phi) is 3.13. The summed E-state index contributed by atoms with van der Waals surface area (Å²) in [6.45, 7) is 13.0. The van der Waals surface area contributed by atoms with Gasteiger partial charge >= 0.3 is 0 Å². The molecule has 0 aliphatic carbocycles. The van der Waals surface area contributed by atoms with Gasteiger partial charge in [0.15, 0.2) is 0 Å². The zero-order chi connectivity index (χ0) is 10.0. The van der Waals surface area contributed by atoms with Crippen molar-refractivity contribution in [2.75, 3.05) is 39.4 Å². The molecule has 1 spiro atoms. The summed E-state index contributed by atoms with van der Waals surface area (Å²) < 4.78 is 1.42. The molecule has 0 aromatic carbocycles. The van der Waals surface area contributed by atoms with Crippen molar-refractivity contribution in [1.29, 1.82) is 0 Å². The molecule has 82 valence electrons.